The van der Waals surface area contributed by atoms with Gasteiger partial charge in [-0.2, -0.15) is 0 Å². The van der Waals surface area contributed by atoms with Crippen LogP contribution in [0.1, 0.15) is 22.5 Å². The molecular formula is C23H19ClFN3OS. The Morgan fingerprint density at radius 2 is 1.90 bits per heavy atom. The minimum Gasteiger partial charge on any atom is -0.315 e. The number of benzene rings is 2. The van der Waals surface area contributed by atoms with Crippen LogP contribution in [0.5, 0.6) is 0 Å². The molecule has 7 heteroatoms. The third-order valence-corrected chi connectivity index (χ3v) is 6.28. The summed E-state index contributed by atoms with van der Waals surface area (Å²) in [5.41, 5.74) is 4.65. The Bertz CT molecular complexity index is 1230. The van der Waals surface area contributed by atoms with Gasteiger partial charge in [-0.05, 0) is 80.1 Å². The van der Waals surface area contributed by atoms with Gasteiger partial charge in [0.15, 0.2) is 5.17 Å². The third kappa shape index (κ3) is 3.80. The Morgan fingerprint density at radius 1 is 1.13 bits per heavy atom. The molecule has 0 saturated carbocycles. The summed E-state index contributed by atoms with van der Waals surface area (Å²) in [4.78, 5) is 17.5. The Labute approximate surface area is 183 Å². The molecular weight excluding hydrogens is 421 g/mol. The summed E-state index contributed by atoms with van der Waals surface area (Å²) in [6, 6.07) is 14.1. The summed E-state index contributed by atoms with van der Waals surface area (Å²) in [5, 5.41) is 3.92. The number of para-hydroxylation sites is 1. The standard InChI is InChI=1S/C23H19ClFN3OS/c1-13-11-16(15(3)28(13)20-10-5-4-8-18(20)25)12-21-22(29)27-23(30-21)26-19-9-6-7-17(24)14(19)2/h4-12H,1-3H3,(H,26,27,29)/b21-12+. The number of hydrogen-bond donors (Lipinski definition) is 1. The summed E-state index contributed by atoms with van der Waals surface area (Å²) < 4.78 is 16.2. The molecule has 1 fully saturated rings. The zero-order valence-electron chi connectivity index (χ0n) is 16.7. The number of aliphatic imine (C=N–C) groups is 1. The normalized spacial score (nSPS) is 16.5. The van der Waals surface area contributed by atoms with Crippen molar-refractivity contribution in [1.29, 1.82) is 0 Å². The van der Waals surface area contributed by atoms with Gasteiger partial charge in [0.25, 0.3) is 5.91 Å². The van der Waals surface area contributed by atoms with Gasteiger partial charge in [0.05, 0.1) is 16.3 Å². The van der Waals surface area contributed by atoms with Gasteiger partial charge in [-0.1, -0.05) is 29.8 Å². The van der Waals surface area contributed by atoms with Crippen molar-refractivity contribution in [2.45, 2.75) is 20.8 Å². The van der Waals surface area contributed by atoms with Crippen LogP contribution < -0.4 is 5.32 Å². The fraction of sp³-hybridized carbons (Fsp3) is 0.130. The van der Waals surface area contributed by atoms with Crippen molar-refractivity contribution in [2.75, 3.05) is 0 Å². The highest BCUT2D eigenvalue weighted by Crippen LogP contribution is 2.32. The summed E-state index contributed by atoms with van der Waals surface area (Å²) in [6.07, 6.45) is 1.81. The molecule has 2 heterocycles. The van der Waals surface area contributed by atoms with Crippen LogP contribution in [0.15, 0.2) is 58.4 Å². The maximum Gasteiger partial charge on any atom is 0.264 e. The predicted molar refractivity (Wildman–Crippen MR) is 122 cm³/mol. The number of aromatic nitrogens is 1. The zero-order valence-corrected chi connectivity index (χ0v) is 18.2. The lowest BCUT2D eigenvalue weighted by Gasteiger charge is -2.10. The van der Waals surface area contributed by atoms with Crippen LogP contribution in [0.25, 0.3) is 11.8 Å². The van der Waals surface area contributed by atoms with E-state index in [2.05, 4.69) is 10.3 Å². The van der Waals surface area contributed by atoms with Crippen molar-refractivity contribution in [3.63, 3.8) is 0 Å². The Kier molecular flexibility index (Phi) is 5.54. The van der Waals surface area contributed by atoms with Gasteiger partial charge in [0.1, 0.15) is 5.82 Å². The van der Waals surface area contributed by atoms with Crippen molar-refractivity contribution in [2.24, 2.45) is 4.99 Å². The number of nitrogens with one attached hydrogen (secondary N) is 1. The van der Waals surface area contributed by atoms with E-state index in [4.69, 9.17) is 11.6 Å². The molecule has 4 rings (SSSR count). The van der Waals surface area contributed by atoms with Crippen molar-refractivity contribution < 1.29 is 9.18 Å². The molecule has 0 radical (unpaired) electrons. The van der Waals surface area contributed by atoms with Gasteiger partial charge in [0.2, 0.25) is 0 Å². The molecule has 1 saturated heterocycles. The maximum atomic E-state index is 14.3. The van der Waals surface area contributed by atoms with Gasteiger partial charge < -0.3 is 9.88 Å². The number of rotatable bonds is 3. The van der Waals surface area contributed by atoms with E-state index in [1.54, 1.807) is 24.3 Å². The predicted octanol–water partition coefficient (Wildman–Crippen LogP) is 6.09. The van der Waals surface area contributed by atoms with Crippen LogP contribution in [0.3, 0.4) is 0 Å². The maximum absolute atomic E-state index is 14.3. The SMILES string of the molecule is Cc1c(Cl)cccc1N=C1NC(=O)/C(=C\c2cc(C)n(-c3ccccc3F)c2C)S1. The number of amides is 1. The highest BCUT2D eigenvalue weighted by atomic mass is 35.5. The first-order valence-corrected chi connectivity index (χ1v) is 10.5. The van der Waals surface area contributed by atoms with Crippen LogP contribution in [-0.4, -0.2) is 15.6 Å². The van der Waals surface area contributed by atoms with Gasteiger partial charge in [-0.15, -0.1) is 0 Å². The zero-order chi connectivity index (χ0) is 21.4. The van der Waals surface area contributed by atoms with Crippen molar-refractivity contribution in [3.05, 3.63) is 86.8 Å². The van der Waals surface area contributed by atoms with Crippen molar-refractivity contribution in [1.82, 2.24) is 9.88 Å². The van der Waals surface area contributed by atoms with Crippen molar-refractivity contribution >= 4 is 46.2 Å². The molecule has 30 heavy (non-hydrogen) atoms. The molecule has 152 valence electrons. The first kappa shape index (κ1) is 20.4. The molecule has 1 aromatic heterocycles. The lowest BCUT2D eigenvalue weighted by molar-refractivity contribution is -0.115. The minimum absolute atomic E-state index is 0.214. The molecule has 0 atom stereocenters. The number of amidine groups is 1. The van der Waals surface area contributed by atoms with E-state index in [0.29, 0.717) is 26.5 Å². The van der Waals surface area contributed by atoms with E-state index in [0.717, 1.165) is 22.5 Å². The van der Waals surface area contributed by atoms with Crippen LogP contribution in [0.4, 0.5) is 10.1 Å². The molecule has 1 amide bonds. The number of hydrogen-bond acceptors (Lipinski definition) is 3. The molecule has 4 nitrogen and oxygen atoms in total. The number of thioether (sulfide) groups is 1. The largest absolute Gasteiger partial charge is 0.315 e. The average Bonchev–Trinajstić information content (AvgIpc) is 3.18. The highest BCUT2D eigenvalue weighted by Gasteiger charge is 2.25. The monoisotopic (exact) mass is 439 g/mol. The first-order chi connectivity index (χ1) is 14.3. The van der Waals surface area contributed by atoms with Gasteiger partial charge >= 0.3 is 0 Å². The lowest BCUT2D eigenvalue weighted by Crippen LogP contribution is -2.19. The fourth-order valence-corrected chi connectivity index (χ4v) is 4.38. The summed E-state index contributed by atoms with van der Waals surface area (Å²) >= 11 is 7.43. The molecule has 0 aliphatic carbocycles. The van der Waals surface area contributed by atoms with Gasteiger partial charge in [0, 0.05) is 16.4 Å². The van der Waals surface area contributed by atoms with Crippen LogP contribution in [0, 0.1) is 26.6 Å². The number of carbonyl (C=O) groups is 1. The molecule has 0 unspecified atom stereocenters. The molecule has 1 N–H and O–H groups in total. The van der Waals surface area contributed by atoms with Gasteiger partial charge in [-0.25, -0.2) is 9.38 Å². The highest BCUT2D eigenvalue weighted by molar-refractivity contribution is 8.18. The van der Waals surface area contributed by atoms with E-state index in [1.807, 2.05) is 49.6 Å². The molecule has 2 aromatic carbocycles. The Hall–Kier alpha value is -2.83. The number of halogens is 2. The van der Waals surface area contributed by atoms with E-state index < -0.39 is 0 Å². The number of carbonyl (C=O) groups excluding carboxylic acids is 1. The van der Waals surface area contributed by atoms with E-state index >= 15 is 0 Å². The summed E-state index contributed by atoms with van der Waals surface area (Å²) in [7, 11) is 0. The van der Waals surface area contributed by atoms with E-state index in [-0.39, 0.29) is 11.7 Å². The van der Waals surface area contributed by atoms with Crippen LogP contribution in [-0.2, 0) is 4.79 Å². The summed E-state index contributed by atoms with van der Waals surface area (Å²) in [6.45, 7) is 5.71. The number of aryl methyl sites for hydroxylation is 1. The van der Waals surface area contributed by atoms with E-state index in [9.17, 15) is 9.18 Å². The van der Waals surface area contributed by atoms with Crippen molar-refractivity contribution in [3.8, 4) is 5.69 Å². The quantitative estimate of drug-likeness (QED) is 0.502. The van der Waals surface area contributed by atoms with E-state index in [1.165, 1.54) is 17.8 Å². The smallest absolute Gasteiger partial charge is 0.264 e. The lowest BCUT2D eigenvalue weighted by atomic mass is 10.2. The van der Waals surface area contributed by atoms with Gasteiger partial charge in [-0.3, -0.25) is 4.79 Å². The average molecular weight is 440 g/mol. The Balaban J connectivity index is 1.67. The second-order valence-electron chi connectivity index (χ2n) is 6.98. The molecule has 3 aromatic rings. The fourth-order valence-electron chi connectivity index (χ4n) is 3.39. The topological polar surface area (TPSA) is 46.4 Å². The van der Waals surface area contributed by atoms with Crippen LogP contribution >= 0.6 is 23.4 Å². The molecule has 1 aliphatic rings. The second kappa shape index (κ2) is 8.13. The molecule has 1 aliphatic heterocycles. The molecule has 0 bridgehead atoms. The van der Waals surface area contributed by atoms with Crippen LogP contribution in [0.2, 0.25) is 5.02 Å². The minimum atomic E-state index is -0.294. The third-order valence-electron chi connectivity index (χ3n) is 4.96. The molecule has 0 spiro atoms. The Morgan fingerprint density at radius 3 is 2.67 bits per heavy atom. The second-order valence-corrected chi connectivity index (χ2v) is 8.42. The number of nitrogens with zero attached hydrogens (tertiary/aromatic N) is 2. The first-order valence-electron chi connectivity index (χ1n) is 9.33. The summed E-state index contributed by atoms with van der Waals surface area (Å²) in [5.74, 6) is -0.507.